The maximum Gasteiger partial charge on any atom is 0.136 e. The van der Waals surface area contributed by atoms with Gasteiger partial charge in [0, 0.05) is 21.3 Å². The van der Waals surface area contributed by atoms with Crippen LogP contribution in [-0.4, -0.2) is 0 Å². The van der Waals surface area contributed by atoms with Crippen molar-refractivity contribution in [1.29, 1.82) is 0 Å². The van der Waals surface area contributed by atoms with Crippen molar-refractivity contribution in [3.63, 3.8) is 0 Å². The van der Waals surface area contributed by atoms with Gasteiger partial charge in [-0.25, -0.2) is 13.2 Å². The van der Waals surface area contributed by atoms with Gasteiger partial charge >= 0.3 is 0 Å². The molecule has 0 bridgehead atoms. The summed E-state index contributed by atoms with van der Waals surface area (Å²) in [6, 6.07) is 6.57. The van der Waals surface area contributed by atoms with Crippen LogP contribution in [0.25, 0.3) is 11.1 Å². The van der Waals surface area contributed by atoms with Gasteiger partial charge in [0.05, 0.1) is 5.56 Å². The summed E-state index contributed by atoms with van der Waals surface area (Å²) >= 11 is 2.02. The molecule has 0 unspecified atom stereocenters. The molecule has 17 heavy (non-hydrogen) atoms. The third-order valence-corrected chi connectivity index (χ3v) is 3.90. The highest BCUT2D eigenvalue weighted by molar-refractivity contribution is 14.1. The van der Waals surface area contributed by atoms with Crippen molar-refractivity contribution in [2.75, 3.05) is 0 Å². The molecular weight excluding hydrogens is 340 g/mol. The lowest BCUT2D eigenvalue weighted by molar-refractivity contribution is 0.548. The number of hydrogen-bond donors (Lipinski definition) is 0. The van der Waals surface area contributed by atoms with Crippen LogP contribution in [0.5, 0.6) is 0 Å². The number of aryl methyl sites for hydroxylation is 1. The number of halogens is 4. The highest BCUT2D eigenvalue weighted by Crippen LogP contribution is 2.32. The second kappa shape index (κ2) is 4.68. The van der Waals surface area contributed by atoms with E-state index in [0.29, 0.717) is 17.7 Å². The predicted octanol–water partition coefficient (Wildman–Crippen LogP) is 4.68. The molecule has 0 aliphatic carbocycles. The lowest BCUT2D eigenvalue weighted by atomic mass is 10.0. The lowest BCUT2D eigenvalue weighted by Crippen LogP contribution is -1.95. The lowest BCUT2D eigenvalue weighted by Gasteiger charge is -2.09. The average molecular weight is 348 g/mol. The van der Waals surface area contributed by atoms with Crippen LogP contribution in [0.15, 0.2) is 30.3 Å². The summed E-state index contributed by atoms with van der Waals surface area (Å²) in [4.78, 5) is 0. The molecule has 0 aliphatic heterocycles. The summed E-state index contributed by atoms with van der Waals surface area (Å²) < 4.78 is 40.8. The van der Waals surface area contributed by atoms with E-state index in [0.717, 1.165) is 9.13 Å². The quantitative estimate of drug-likeness (QED) is 0.657. The fraction of sp³-hybridized carbons (Fsp3) is 0.0769. The van der Waals surface area contributed by atoms with Gasteiger partial charge in [-0.3, -0.25) is 0 Å². The largest absolute Gasteiger partial charge is 0.207 e. The van der Waals surface area contributed by atoms with E-state index in [-0.39, 0.29) is 5.56 Å². The summed E-state index contributed by atoms with van der Waals surface area (Å²) in [7, 11) is 0. The van der Waals surface area contributed by atoms with Gasteiger partial charge in [0.2, 0.25) is 0 Å². The second-order valence-electron chi connectivity index (χ2n) is 3.68. The summed E-state index contributed by atoms with van der Waals surface area (Å²) in [5.74, 6) is -2.68. The van der Waals surface area contributed by atoms with Gasteiger partial charge < -0.3 is 0 Å². The zero-order chi connectivity index (χ0) is 12.6. The molecule has 0 heterocycles. The molecule has 0 saturated heterocycles. The second-order valence-corrected chi connectivity index (χ2v) is 4.76. The van der Waals surface area contributed by atoms with E-state index in [1.54, 1.807) is 12.1 Å². The summed E-state index contributed by atoms with van der Waals surface area (Å²) in [6.45, 7) is 1.85. The predicted molar refractivity (Wildman–Crippen MR) is 69.2 cm³/mol. The van der Waals surface area contributed by atoms with E-state index in [2.05, 4.69) is 0 Å². The van der Waals surface area contributed by atoms with Crippen LogP contribution in [0.1, 0.15) is 5.56 Å². The molecule has 0 fully saturated rings. The maximum absolute atomic E-state index is 13.6. The highest BCUT2D eigenvalue weighted by atomic mass is 127. The van der Waals surface area contributed by atoms with Crippen molar-refractivity contribution >= 4 is 22.6 Å². The van der Waals surface area contributed by atoms with Crippen molar-refractivity contribution in [3.8, 4) is 11.1 Å². The van der Waals surface area contributed by atoms with Crippen LogP contribution in [0.3, 0.4) is 0 Å². The van der Waals surface area contributed by atoms with Gasteiger partial charge in [0.1, 0.15) is 17.5 Å². The smallest absolute Gasteiger partial charge is 0.136 e. The molecule has 0 N–H and O–H groups in total. The van der Waals surface area contributed by atoms with Crippen LogP contribution >= 0.6 is 22.6 Å². The average Bonchev–Trinajstić information content (AvgIpc) is 2.23. The SMILES string of the molecule is Cc1cccc(-c2c(F)cc(F)cc2F)c1I. The van der Waals surface area contributed by atoms with Crippen LogP contribution in [0, 0.1) is 27.9 Å². The van der Waals surface area contributed by atoms with E-state index in [9.17, 15) is 13.2 Å². The Morgan fingerprint density at radius 2 is 1.59 bits per heavy atom. The van der Waals surface area contributed by atoms with Crippen LogP contribution in [0.4, 0.5) is 13.2 Å². The monoisotopic (exact) mass is 348 g/mol. The Labute approximate surface area is 111 Å². The zero-order valence-electron chi connectivity index (χ0n) is 8.90. The fourth-order valence-corrected chi connectivity index (χ4v) is 2.27. The standard InChI is InChI=1S/C13H8F3I/c1-7-3-2-4-9(13(7)17)12-10(15)5-8(14)6-11(12)16/h2-6H,1H3. The molecule has 2 rings (SSSR count). The van der Waals surface area contributed by atoms with Crippen molar-refractivity contribution < 1.29 is 13.2 Å². The molecule has 2 aromatic carbocycles. The maximum atomic E-state index is 13.6. The Morgan fingerprint density at radius 3 is 2.18 bits per heavy atom. The minimum Gasteiger partial charge on any atom is -0.207 e. The number of benzene rings is 2. The van der Waals surface area contributed by atoms with E-state index >= 15 is 0 Å². The minimum atomic E-state index is -0.911. The van der Waals surface area contributed by atoms with Crippen molar-refractivity contribution in [3.05, 3.63) is 56.9 Å². The van der Waals surface area contributed by atoms with E-state index < -0.39 is 17.5 Å². The Morgan fingerprint density at radius 1 is 1.00 bits per heavy atom. The normalized spacial score (nSPS) is 10.6. The third kappa shape index (κ3) is 2.31. The zero-order valence-corrected chi connectivity index (χ0v) is 11.1. The van der Waals surface area contributed by atoms with Gasteiger partial charge in [0.15, 0.2) is 0 Å². The number of rotatable bonds is 1. The molecule has 2 aromatic rings. The molecular formula is C13H8F3I. The first-order valence-electron chi connectivity index (χ1n) is 4.90. The Bertz CT molecular complexity index is 556. The molecule has 88 valence electrons. The molecule has 0 nitrogen and oxygen atoms in total. The first-order valence-corrected chi connectivity index (χ1v) is 5.98. The topological polar surface area (TPSA) is 0 Å². The summed E-state index contributed by atoms with van der Waals surface area (Å²) in [5.41, 5.74) is 1.19. The van der Waals surface area contributed by atoms with E-state index in [1.807, 2.05) is 35.6 Å². The van der Waals surface area contributed by atoms with E-state index in [1.165, 1.54) is 0 Å². The van der Waals surface area contributed by atoms with Gasteiger partial charge in [-0.05, 0) is 35.1 Å². The van der Waals surface area contributed by atoms with Crippen molar-refractivity contribution in [2.45, 2.75) is 6.92 Å². The van der Waals surface area contributed by atoms with Gasteiger partial charge in [-0.1, -0.05) is 18.2 Å². The first kappa shape index (κ1) is 12.4. The van der Waals surface area contributed by atoms with Crippen LogP contribution < -0.4 is 0 Å². The number of hydrogen-bond acceptors (Lipinski definition) is 0. The fourth-order valence-electron chi connectivity index (χ4n) is 1.64. The molecule has 4 heteroatoms. The summed E-state index contributed by atoms with van der Waals surface area (Å²) in [6.07, 6.45) is 0. The highest BCUT2D eigenvalue weighted by Gasteiger charge is 2.16. The molecule has 0 aromatic heterocycles. The Kier molecular flexibility index (Phi) is 3.42. The van der Waals surface area contributed by atoms with Crippen LogP contribution in [-0.2, 0) is 0 Å². The molecule has 0 radical (unpaired) electrons. The molecule has 0 amide bonds. The van der Waals surface area contributed by atoms with Crippen molar-refractivity contribution in [2.24, 2.45) is 0 Å². The Balaban J connectivity index is 2.73. The Hall–Kier alpha value is -1.04. The first-order chi connectivity index (χ1) is 8.00. The van der Waals surface area contributed by atoms with Gasteiger partial charge in [-0.2, -0.15) is 0 Å². The molecule has 0 aliphatic rings. The van der Waals surface area contributed by atoms with Crippen LogP contribution in [0.2, 0.25) is 0 Å². The third-order valence-electron chi connectivity index (χ3n) is 2.47. The van der Waals surface area contributed by atoms with Gasteiger partial charge in [0.25, 0.3) is 0 Å². The minimum absolute atomic E-state index is 0.181. The molecule has 0 spiro atoms. The van der Waals surface area contributed by atoms with E-state index in [4.69, 9.17) is 0 Å². The van der Waals surface area contributed by atoms with Gasteiger partial charge in [-0.15, -0.1) is 0 Å². The molecule has 0 saturated carbocycles. The van der Waals surface area contributed by atoms with Crippen molar-refractivity contribution in [1.82, 2.24) is 0 Å². The summed E-state index contributed by atoms with van der Waals surface area (Å²) in [5, 5.41) is 0. The molecule has 0 atom stereocenters.